The van der Waals surface area contributed by atoms with E-state index in [1.165, 1.54) is 0 Å². The third kappa shape index (κ3) is 2.35. The fourth-order valence-electron chi connectivity index (χ4n) is 2.82. The SMILES string of the molecule is FC(F)[C@@H](c1cccc2[nH]ccc12)N1CCNCC1. The summed E-state index contributed by atoms with van der Waals surface area (Å²) >= 11 is 0. The molecular weight excluding hydrogens is 248 g/mol. The Morgan fingerprint density at radius 1 is 1.11 bits per heavy atom. The zero-order valence-electron chi connectivity index (χ0n) is 10.6. The molecule has 2 heterocycles. The number of nitrogens with zero attached hydrogens (tertiary/aromatic N) is 1. The monoisotopic (exact) mass is 265 g/mol. The topological polar surface area (TPSA) is 31.1 Å². The van der Waals surface area contributed by atoms with Crippen molar-refractivity contribution < 1.29 is 8.78 Å². The Labute approximate surface area is 110 Å². The number of hydrogen-bond acceptors (Lipinski definition) is 2. The number of H-pyrrole nitrogens is 1. The van der Waals surface area contributed by atoms with Crippen LogP contribution >= 0.6 is 0 Å². The number of rotatable bonds is 3. The van der Waals surface area contributed by atoms with Gasteiger partial charge in [0.05, 0.1) is 6.04 Å². The van der Waals surface area contributed by atoms with Crippen LogP contribution in [0.3, 0.4) is 0 Å². The molecule has 1 aliphatic rings. The van der Waals surface area contributed by atoms with Gasteiger partial charge in [0.2, 0.25) is 0 Å². The van der Waals surface area contributed by atoms with E-state index in [0.29, 0.717) is 13.1 Å². The molecule has 0 aliphatic carbocycles. The number of hydrogen-bond donors (Lipinski definition) is 2. The minimum atomic E-state index is -2.38. The van der Waals surface area contributed by atoms with Crippen LogP contribution in [0.25, 0.3) is 10.9 Å². The molecule has 2 aromatic rings. The molecule has 102 valence electrons. The smallest absolute Gasteiger partial charge is 0.258 e. The molecule has 1 saturated heterocycles. The normalized spacial score (nSPS) is 19.1. The number of piperazine rings is 1. The summed E-state index contributed by atoms with van der Waals surface area (Å²) in [6.07, 6.45) is -0.576. The maximum Gasteiger partial charge on any atom is 0.258 e. The summed E-state index contributed by atoms with van der Waals surface area (Å²) in [5.74, 6) is 0. The molecule has 0 radical (unpaired) electrons. The van der Waals surface area contributed by atoms with Crippen LogP contribution in [-0.2, 0) is 0 Å². The summed E-state index contributed by atoms with van der Waals surface area (Å²) in [6, 6.07) is 6.63. The Balaban J connectivity index is 2.01. The first-order chi connectivity index (χ1) is 9.27. The second-order valence-corrected chi connectivity index (χ2v) is 4.85. The van der Waals surface area contributed by atoms with Crippen LogP contribution in [0.4, 0.5) is 8.78 Å². The van der Waals surface area contributed by atoms with E-state index < -0.39 is 12.5 Å². The summed E-state index contributed by atoms with van der Waals surface area (Å²) in [6.45, 7) is 2.87. The van der Waals surface area contributed by atoms with Gasteiger partial charge in [0.1, 0.15) is 0 Å². The van der Waals surface area contributed by atoms with Gasteiger partial charge in [-0.1, -0.05) is 12.1 Å². The van der Waals surface area contributed by atoms with Gasteiger partial charge in [0.25, 0.3) is 6.43 Å². The second kappa shape index (κ2) is 5.27. The Kier molecular flexibility index (Phi) is 3.48. The van der Waals surface area contributed by atoms with Crippen LogP contribution in [0.2, 0.25) is 0 Å². The molecule has 0 unspecified atom stereocenters. The molecule has 1 aromatic carbocycles. The highest BCUT2D eigenvalue weighted by Gasteiger charge is 2.31. The van der Waals surface area contributed by atoms with Crippen LogP contribution in [0.5, 0.6) is 0 Å². The first-order valence-corrected chi connectivity index (χ1v) is 6.56. The van der Waals surface area contributed by atoms with Crippen molar-refractivity contribution in [2.45, 2.75) is 12.5 Å². The maximum atomic E-state index is 13.5. The molecular formula is C14H17F2N3. The lowest BCUT2D eigenvalue weighted by atomic mass is 10.0. The molecule has 0 bridgehead atoms. The lowest BCUT2D eigenvalue weighted by Crippen LogP contribution is -2.46. The van der Waals surface area contributed by atoms with Crippen LogP contribution < -0.4 is 5.32 Å². The van der Waals surface area contributed by atoms with Gasteiger partial charge < -0.3 is 10.3 Å². The Morgan fingerprint density at radius 2 is 1.89 bits per heavy atom. The number of benzene rings is 1. The van der Waals surface area contributed by atoms with Gasteiger partial charge >= 0.3 is 0 Å². The van der Waals surface area contributed by atoms with E-state index in [-0.39, 0.29) is 0 Å². The highest BCUT2D eigenvalue weighted by molar-refractivity contribution is 5.83. The van der Waals surface area contributed by atoms with E-state index in [2.05, 4.69) is 10.3 Å². The zero-order chi connectivity index (χ0) is 13.2. The Bertz CT molecular complexity index is 546. The maximum absolute atomic E-state index is 13.5. The lowest BCUT2D eigenvalue weighted by Gasteiger charge is -2.35. The second-order valence-electron chi connectivity index (χ2n) is 4.85. The summed E-state index contributed by atoms with van der Waals surface area (Å²) in [4.78, 5) is 4.96. The van der Waals surface area contributed by atoms with Gasteiger partial charge in [-0.25, -0.2) is 8.78 Å². The standard InChI is InChI=1S/C14H17F2N3/c15-14(16)13(19-8-6-17-7-9-19)11-2-1-3-12-10(11)4-5-18-12/h1-5,13-14,17-18H,6-9H2/t13-/m1/s1. The van der Waals surface area contributed by atoms with Crippen LogP contribution in [0, 0.1) is 0 Å². The van der Waals surface area contributed by atoms with E-state index >= 15 is 0 Å². The molecule has 1 atom stereocenters. The molecule has 19 heavy (non-hydrogen) atoms. The fraction of sp³-hybridized carbons (Fsp3) is 0.429. The molecule has 1 aromatic heterocycles. The molecule has 0 saturated carbocycles. The van der Waals surface area contributed by atoms with Gasteiger partial charge in [-0.3, -0.25) is 4.90 Å². The number of nitrogens with one attached hydrogen (secondary N) is 2. The predicted octanol–water partition coefficient (Wildman–Crippen LogP) is 2.38. The van der Waals surface area contributed by atoms with Crippen LogP contribution in [0.15, 0.2) is 30.5 Å². The van der Waals surface area contributed by atoms with E-state index in [1.807, 2.05) is 29.2 Å². The first kappa shape index (κ1) is 12.6. The van der Waals surface area contributed by atoms with E-state index in [4.69, 9.17) is 0 Å². The molecule has 1 aliphatic heterocycles. The minimum absolute atomic E-state index is 0.663. The average molecular weight is 265 g/mol. The number of fused-ring (bicyclic) bond motifs is 1. The van der Waals surface area contributed by atoms with E-state index in [0.717, 1.165) is 29.6 Å². The quantitative estimate of drug-likeness (QED) is 0.892. The lowest BCUT2D eigenvalue weighted by molar-refractivity contribution is 0.0189. The fourth-order valence-corrected chi connectivity index (χ4v) is 2.82. The minimum Gasteiger partial charge on any atom is -0.361 e. The Hall–Kier alpha value is -1.46. The van der Waals surface area contributed by atoms with Crippen molar-refractivity contribution in [1.82, 2.24) is 15.2 Å². The average Bonchev–Trinajstić information content (AvgIpc) is 2.89. The summed E-state index contributed by atoms with van der Waals surface area (Å²) < 4.78 is 27.1. The number of aromatic nitrogens is 1. The molecule has 5 heteroatoms. The summed E-state index contributed by atoms with van der Waals surface area (Å²) in [7, 11) is 0. The number of alkyl halides is 2. The van der Waals surface area contributed by atoms with Crippen molar-refractivity contribution >= 4 is 10.9 Å². The predicted molar refractivity (Wildman–Crippen MR) is 71.5 cm³/mol. The van der Waals surface area contributed by atoms with Crippen molar-refractivity contribution in [2.75, 3.05) is 26.2 Å². The van der Waals surface area contributed by atoms with Crippen LogP contribution in [0.1, 0.15) is 11.6 Å². The molecule has 2 N–H and O–H groups in total. The molecule has 0 amide bonds. The van der Waals surface area contributed by atoms with Gasteiger partial charge in [0, 0.05) is 43.3 Å². The van der Waals surface area contributed by atoms with E-state index in [1.54, 1.807) is 6.20 Å². The highest BCUT2D eigenvalue weighted by atomic mass is 19.3. The van der Waals surface area contributed by atoms with E-state index in [9.17, 15) is 8.78 Å². The molecule has 0 spiro atoms. The molecule has 1 fully saturated rings. The van der Waals surface area contributed by atoms with Gasteiger partial charge in [-0.15, -0.1) is 0 Å². The summed E-state index contributed by atoms with van der Waals surface area (Å²) in [5.41, 5.74) is 1.63. The van der Waals surface area contributed by atoms with Gasteiger partial charge in [-0.05, 0) is 17.7 Å². The Morgan fingerprint density at radius 3 is 2.63 bits per heavy atom. The summed E-state index contributed by atoms with van der Waals surface area (Å²) in [5, 5.41) is 4.09. The largest absolute Gasteiger partial charge is 0.361 e. The van der Waals surface area contributed by atoms with Crippen molar-refractivity contribution in [2.24, 2.45) is 0 Å². The zero-order valence-corrected chi connectivity index (χ0v) is 10.6. The molecule has 3 rings (SSSR count). The van der Waals surface area contributed by atoms with Crippen LogP contribution in [-0.4, -0.2) is 42.5 Å². The van der Waals surface area contributed by atoms with Crippen molar-refractivity contribution in [3.8, 4) is 0 Å². The number of halogens is 2. The van der Waals surface area contributed by atoms with Crippen molar-refractivity contribution in [3.05, 3.63) is 36.0 Å². The van der Waals surface area contributed by atoms with Gasteiger partial charge in [0.15, 0.2) is 0 Å². The first-order valence-electron chi connectivity index (χ1n) is 6.56. The van der Waals surface area contributed by atoms with Crippen molar-refractivity contribution in [3.63, 3.8) is 0 Å². The van der Waals surface area contributed by atoms with Crippen molar-refractivity contribution in [1.29, 1.82) is 0 Å². The highest BCUT2D eigenvalue weighted by Crippen LogP contribution is 2.32. The van der Waals surface area contributed by atoms with Gasteiger partial charge in [-0.2, -0.15) is 0 Å². The third-order valence-electron chi connectivity index (χ3n) is 3.73. The third-order valence-corrected chi connectivity index (χ3v) is 3.73. The molecule has 3 nitrogen and oxygen atoms in total. The number of aromatic amines is 1.